The second kappa shape index (κ2) is 17.1. The highest BCUT2D eigenvalue weighted by Crippen LogP contribution is 2.47. The van der Waals surface area contributed by atoms with Gasteiger partial charge in [0.05, 0.1) is 10.2 Å². The Bertz CT molecular complexity index is 809. The van der Waals surface area contributed by atoms with E-state index in [2.05, 4.69) is 95.2 Å². The van der Waals surface area contributed by atoms with E-state index in [1.807, 2.05) is 11.8 Å². The number of fused-ring (bicyclic) bond motifs is 1. The van der Waals surface area contributed by atoms with Gasteiger partial charge in [-0.25, -0.2) is 4.58 Å². The van der Waals surface area contributed by atoms with Crippen molar-refractivity contribution < 1.29 is 4.58 Å². The average Bonchev–Trinajstić information content (AvgIpc) is 3.32. The first kappa shape index (κ1) is 33.4. The number of allylic oxidation sites excluding steroid dienone is 1. The zero-order valence-electron chi connectivity index (χ0n) is 25.2. The predicted octanol–water partition coefficient (Wildman–Crippen LogP) is 8.51. The third kappa shape index (κ3) is 8.56. The molecule has 39 heavy (non-hydrogen) atoms. The van der Waals surface area contributed by atoms with Gasteiger partial charge in [0.2, 0.25) is 5.04 Å². The van der Waals surface area contributed by atoms with Crippen molar-refractivity contribution in [1.29, 1.82) is 0 Å². The van der Waals surface area contributed by atoms with Gasteiger partial charge in [-0.15, -0.1) is 11.8 Å². The molecule has 3 aliphatic carbocycles. The summed E-state index contributed by atoms with van der Waals surface area (Å²) in [7, 11) is 0. The topological polar surface area (TPSA) is 6.25 Å². The molecule has 8 heteroatoms. The fourth-order valence-electron chi connectivity index (χ4n) is 7.59. The van der Waals surface area contributed by atoms with Crippen LogP contribution in [0, 0.1) is 11.8 Å². The Labute approximate surface area is 268 Å². The third-order valence-electron chi connectivity index (χ3n) is 9.86. The highest BCUT2D eigenvalue weighted by Gasteiger charge is 2.50. The van der Waals surface area contributed by atoms with Crippen molar-refractivity contribution in [2.75, 3.05) is 49.9 Å². The fourth-order valence-corrected chi connectivity index (χ4v) is 14.4. The van der Waals surface area contributed by atoms with Crippen molar-refractivity contribution in [2.24, 2.45) is 11.8 Å². The van der Waals surface area contributed by atoms with E-state index in [1.54, 1.807) is 9.95 Å². The molecule has 0 aromatic carbocycles. The van der Waals surface area contributed by atoms with Crippen LogP contribution >= 0.6 is 71.4 Å². The molecule has 0 spiro atoms. The van der Waals surface area contributed by atoms with Gasteiger partial charge in [-0.1, -0.05) is 39.2 Å². The number of rotatable bonds is 13. The zero-order valence-corrected chi connectivity index (χ0v) is 30.2. The molecule has 0 saturated heterocycles. The summed E-state index contributed by atoms with van der Waals surface area (Å²) in [5.41, 5.74) is 0. The van der Waals surface area contributed by atoms with E-state index in [9.17, 15) is 0 Å². The van der Waals surface area contributed by atoms with Crippen molar-refractivity contribution in [3.05, 3.63) is 11.0 Å². The maximum absolute atomic E-state index is 4.73. The standard InChI is InChI=1S/C31H54N2S6/c1-6-32(7-2)24-14-13-23(26(18-24)38-21-22-11-9-8-10-12-22)17-30(37-5)31-33(15-16-34)25-19-28(35-3)29(36-4)20-27(25)39-31/h17,22-29H,6-16,18-21H2,1-5H3/p+1/b30-17-. The molecule has 7 atom stereocenters. The highest BCUT2D eigenvalue weighted by molar-refractivity contribution is 8.18. The Morgan fingerprint density at radius 3 is 2.31 bits per heavy atom. The lowest BCUT2D eigenvalue weighted by Crippen LogP contribution is -2.44. The largest absolute Gasteiger partial charge is 0.301 e. The fraction of sp³-hybridized carbons (Fsp3) is 0.903. The molecule has 7 unspecified atom stereocenters. The van der Waals surface area contributed by atoms with E-state index in [0.717, 1.165) is 45.3 Å². The quantitative estimate of drug-likeness (QED) is 0.157. The maximum atomic E-state index is 4.73. The molecule has 224 valence electrons. The molecular weight excluding hydrogens is 593 g/mol. The van der Waals surface area contributed by atoms with Gasteiger partial charge in [-0.2, -0.15) is 47.9 Å². The van der Waals surface area contributed by atoms with Gasteiger partial charge in [-0.05, 0) is 99.7 Å². The number of thioether (sulfide) groups is 5. The number of hydrogen-bond acceptors (Lipinski definition) is 7. The normalized spacial score (nSPS) is 34.6. The van der Waals surface area contributed by atoms with Crippen molar-refractivity contribution in [3.63, 3.8) is 0 Å². The SMILES string of the molecule is CCN(CC)C1CCC(/C=C(\SC)C2=[N+](CCS)C3CC(SC)C(SC)CC3S2)C(SCC2CCCCC2)C1. The molecule has 0 radical (unpaired) electrons. The Hall–Kier alpha value is 1.47. The molecule has 0 aromatic heterocycles. The van der Waals surface area contributed by atoms with Crippen molar-refractivity contribution in [3.8, 4) is 0 Å². The molecule has 1 aliphatic heterocycles. The maximum Gasteiger partial charge on any atom is 0.248 e. The van der Waals surface area contributed by atoms with E-state index < -0.39 is 0 Å². The predicted molar refractivity (Wildman–Crippen MR) is 191 cm³/mol. The first-order valence-corrected chi connectivity index (χ1v) is 22.0. The van der Waals surface area contributed by atoms with Gasteiger partial charge in [0.25, 0.3) is 0 Å². The molecule has 4 rings (SSSR count). The van der Waals surface area contributed by atoms with Gasteiger partial charge < -0.3 is 4.90 Å². The van der Waals surface area contributed by atoms with E-state index in [-0.39, 0.29) is 0 Å². The molecule has 3 fully saturated rings. The summed E-state index contributed by atoms with van der Waals surface area (Å²) in [4.78, 5) is 4.32. The summed E-state index contributed by atoms with van der Waals surface area (Å²) in [5, 5.41) is 4.67. The van der Waals surface area contributed by atoms with Gasteiger partial charge in [0, 0.05) is 34.0 Å². The monoisotopic (exact) mass is 647 g/mol. The summed E-state index contributed by atoms with van der Waals surface area (Å²) >= 11 is 15.5. The van der Waals surface area contributed by atoms with Gasteiger partial charge in [-0.3, -0.25) is 0 Å². The minimum absolute atomic E-state index is 0.684. The van der Waals surface area contributed by atoms with Crippen LogP contribution in [0.3, 0.4) is 0 Å². The van der Waals surface area contributed by atoms with Crippen LogP contribution in [0.25, 0.3) is 0 Å². The van der Waals surface area contributed by atoms with Crippen LogP contribution in [0.5, 0.6) is 0 Å². The van der Waals surface area contributed by atoms with Gasteiger partial charge in [0.15, 0.2) is 12.6 Å². The van der Waals surface area contributed by atoms with Crippen molar-refractivity contribution in [2.45, 2.75) is 111 Å². The Kier molecular flexibility index (Phi) is 14.6. The minimum atomic E-state index is 0.684. The van der Waals surface area contributed by atoms with E-state index in [4.69, 9.17) is 12.6 Å². The zero-order chi connectivity index (χ0) is 27.8. The lowest BCUT2D eigenvalue weighted by Gasteiger charge is -2.40. The highest BCUT2D eigenvalue weighted by atomic mass is 32.2. The van der Waals surface area contributed by atoms with E-state index >= 15 is 0 Å². The molecule has 4 aliphatic rings. The lowest BCUT2D eigenvalue weighted by molar-refractivity contribution is -0.557. The van der Waals surface area contributed by atoms with Crippen molar-refractivity contribution >= 4 is 76.5 Å². The Morgan fingerprint density at radius 2 is 1.67 bits per heavy atom. The summed E-state index contributed by atoms with van der Waals surface area (Å²) in [6, 6.07) is 1.46. The van der Waals surface area contributed by atoms with Crippen LogP contribution in [-0.4, -0.2) is 97.5 Å². The molecule has 0 aromatic rings. The van der Waals surface area contributed by atoms with Crippen molar-refractivity contribution in [1.82, 2.24) is 4.90 Å². The summed E-state index contributed by atoms with van der Waals surface area (Å²) in [5.74, 6) is 4.01. The number of nitrogens with zero attached hydrogens (tertiary/aromatic N) is 2. The Balaban J connectivity index is 1.56. The van der Waals surface area contributed by atoms with Crippen LogP contribution in [-0.2, 0) is 0 Å². The van der Waals surface area contributed by atoms with E-state index in [0.29, 0.717) is 12.0 Å². The molecule has 0 bridgehead atoms. The van der Waals surface area contributed by atoms with Crippen LogP contribution in [0.2, 0.25) is 0 Å². The summed E-state index contributed by atoms with van der Waals surface area (Å²) in [6.07, 6.45) is 23.9. The van der Waals surface area contributed by atoms with Crippen LogP contribution in [0.15, 0.2) is 11.0 Å². The molecule has 0 amide bonds. The lowest BCUT2D eigenvalue weighted by atomic mass is 9.84. The van der Waals surface area contributed by atoms with Gasteiger partial charge in [0.1, 0.15) is 0 Å². The third-order valence-corrected chi connectivity index (χ3v) is 16.5. The molecule has 0 N–H and O–H groups in total. The summed E-state index contributed by atoms with van der Waals surface area (Å²) < 4.78 is 2.80. The minimum Gasteiger partial charge on any atom is -0.301 e. The smallest absolute Gasteiger partial charge is 0.248 e. The Morgan fingerprint density at radius 1 is 0.949 bits per heavy atom. The molecule has 3 saturated carbocycles. The van der Waals surface area contributed by atoms with Crippen LogP contribution < -0.4 is 0 Å². The number of hydrogen-bond donors (Lipinski definition) is 1. The van der Waals surface area contributed by atoms with E-state index in [1.165, 1.54) is 83.1 Å². The average molecular weight is 648 g/mol. The molecular formula is C31H55N2S6+. The van der Waals surface area contributed by atoms with Gasteiger partial charge >= 0.3 is 0 Å². The molecule has 1 heterocycles. The second-order valence-electron chi connectivity index (χ2n) is 11.9. The first-order chi connectivity index (χ1) is 19.1. The number of thiol groups is 1. The van der Waals surface area contributed by atoms with Crippen LogP contribution in [0.1, 0.15) is 78.1 Å². The second-order valence-corrected chi connectivity index (χ2v) is 17.9. The first-order valence-electron chi connectivity index (χ1n) is 15.6. The summed E-state index contributed by atoms with van der Waals surface area (Å²) in [6.45, 7) is 8.20. The molecule has 2 nitrogen and oxygen atoms in total. The van der Waals surface area contributed by atoms with Crippen LogP contribution in [0.4, 0.5) is 0 Å².